The number of rotatable bonds is 3. The molecule has 1 aromatic carbocycles. The molecule has 0 aromatic heterocycles. The Kier molecular flexibility index (Phi) is 4.42. The molecule has 0 saturated heterocycles. The number of amides is 1. The Hall–Kier alpha value is -2.30. The molecule has 2 aliphatic rings. The lowest BCUT2D eigenvalue weighted by Crippen LogP contribution is -2.42. The third-order valence-corrected chi connectivity index (χ3v) is 3.94. The zero-order valence-electron chi connectivity index (χ0n) is 12.6. The van der Waals surface area contributed by atoms with Crippen LogP contribution < -0.4 is 14.9 Å². The van der Waals surface area contributed by atoms with Gasteiger partial charge in [-0.05, 0) is 44.2 Å². The Bertz CT molecular complexity index is 610. The fourth-order valence-corrected chi connectivity index (χ4v) is 2.55. The summed E-state index contributed by atoms with van der Waals surface area (Å²) >= 11 is 0. The first-order valence-corrected chi connectivity index (χ1v) is 7.59. The summed E-state index contributed by atoms with van der Waals surface area (Å²) in [6, 6.07) is 7.32. The summed E-state index contributed by atoms with van der Waals surface area (Å²) in [5, 5.41) is 4.06. The normalized spacial score (nSPS) is 24.0. The second kappa shape index (κ2) is 6.64. The van der Waals surface area contributed by atoms with Crippen molar-refractivity contribution in [1.29, 1.82) is 0 Å². The molecule has 2 atom stereocenters. The zero-order valence-corrected chi connectivity index (χ0v) is 12.6. The molecule has 116 valence electrons. The number of hydrazone groups is 1. The van der Waals surface area contributed by atoms with Crippen LogP contribution >= 0.6 is 0 Å². The average molecular weight is 300 g/mol. The van der Waals surface area contributed by atoms with E-state index in [4.69, 9.17) is 9.47 Å². The third kappa shape index (κ3) is 3.47. The molecule has 0 saturated carbocycles. The van der Waals surface area contributed by atoms with Gasteiger partial charge in [0.05, 0.1) is 0 Å². The van der Waals surface area contributed by atoms with Crippen molar-refractivity contribution in [3.63, 3.8) is 0 Å². The van der Waals surface area contributed by atoms with E-state index in [1.165, 1.54) is 5.57 Å². The first-order valence-electron chi connectivity index (χ1n) is 7.59. The number of ether oxygens (including phenoxy) is 2. The van der Waals surface area contributed by atoms with Gasteiger partial charge < -0.3 is 9.47 Å². The van der Waals surface area contributed by atoms with Crippen molar-refractivity contribution in [2.45, 2.75) is 32.3 Å². The minimum Gasteiger partial charge on any atom is -0.485 e. The van der Waals surface area contributed by atoms with Crippen LogP contribution in [0.25, 0.3) is 0 Å². The maximum Gasteiger partial charge on any atom is 0.284 e. The van der Waals surface area contributed by atoms with Crippen LogP contribution in [0.4, 0.5) is 0 Å². The van der Waals surface area contributed by atoms with Gasteiger partial charge in [0, 0.05) is 6.21 Å². The minimum absolute atomic E-state index is 0.198. The van der Waals surface area contributed by atoms with Crippen molar-refractivity contribution in [2.75, 3.05) is 6.61 Å². The Labute approximate surface area is 130 Å². The Morgan fingerprint density at radius 3 is 2.95 bits per heavy atom. The molecule has 0 bridgehead atoms. The molecule has 3 rings (SSSR count). The van der Waals surface area contributed by atoms with Crippen LogP contribution in [0.5, 0.6) is 11.5 Å². The van der Waals surface area contributed by atoms with Crippen LogP contribution in [-0.4, -0.2) is 24.8 Å². The lowest BCUT2D eigenvalue weighted by Gasteiger charge is -2.24. The van der Waals surface area contributed by atoms with Crippen molar-refractivity contribution in [3.05, 3.63) is 35.9 Å². The maximum atomic E-state index is 12.1. The zero-order chi connectivity index (χ0) is 15.4. The number of carbonyl (C=O) groups is 1. The molecule has 1 aliphatic carbocycles. The van der Waals surface area contributed by atoms with Gasteiger partial charge in [-0.1, -0.05) is 23.8 Å². The van der Waals surface area contributed by atoms with Gasteiger partial charge >= 0.3 is 0 Å². The molecule has 1 aliphatic heterocycles. The Morgan fingerprint density at radius 1 is 1.36 bits per heavy atom. The van der Waals surface area contributed by atoms with Crippen LogP contribution in [0, 0.1) is 5.92 Å². The third-order valence-electron chi connectivity index (χ3n) is 3.94. The quantitative estimate of drug-likeness (QED) is 0.530. The van der Waals surface area contributed by atoms with Crippen molar-refractivity contribution < 1.29 is 14.3 Å². The Morgan fingerprint density at radius 2 is 2.18 bits per heavy atom. The van der Waals surface area contributed by atoms with Gasteiger partial charge in [-0.25, -0.2) is 5.43 Å². The lowest BCUT2D eigenvalue weighted by atomic mass is 9.91. The molecular formula is C17H20N2O3. The SMILES string of the molecule is CC1=CCC(/C=N\NC(=O)C2COc3ccccc3O2)CC1. The van der Waals surface area contributed by atoms with E-state index in [0.29, 0.717) is 17.4 Å². The number of hydrogen-bond acceptors (Lipinski definition) is 4. The maximum absolute atomic E-state index is 12.1. The molecule has 5 nitrogen and oxygen atoms in total. The first-order chi connectivity index (χ1) is 10.7. The van der Waals surface area contributed by atoms with Crippen LogP contribution in [0.1, 0.15) is 26.2 Å². The number of para-hydroxylation sites is 2. The summed E-state index contributed by atoms with van der Waals surface area (Å²) in [5.41, 5.74) is 3.98. The number of nitrogens with zero attached hydrogens (tertiary/aromatic N) is 1. The van der Waals surface area contributed by atoms with Gasteiger partial charge in [0.25, 0.3) is 5.91 Å². The molecule has 5 heteroatoms. The smallest absolute Gasteiger partial charge is 0.284 e. The number of hydrogen-bond donors (Lipinski definition) is 1. The van der Waals surface area contributed by atoms with Crippen LogP contribution in [-0.2, 0) is 4.79 Å². The van der Waals surface area contributed by atoms with E-state index in [-0.39, 0.29) is 12.5 Å². The molecule has 1 heterocycles. The van der Waals surface area contributed by atoms with E-state index >= 15 is 0 Å². The van der Waals surface area contributed by atoms with Crippen molar-refractivity contribution in [2.24, 2.45) is 11.0 Å². The monoisotopic (exact) mass is 300 g/mol. The summed E-state index contributed by atoms with van der Waals surface area (Å²) in [4.78, 5) is 12.1. The highest BCUT2D eigenvalue weighted by Gasteiger charge is 2.27. The van der Waals surface area contributed by atoms with E-state index in [1.54, 1.807) is 6.07 Å². The van der Waals surface area contributed by atoms with E-state index in [9.17, 15) is 4.79 Å². The van der Waals surface area contributed by atoms with Gasteiger partial charge in [-0.3, -0.25) is 4.79 Å². The minimum atomic E-state index is -0.666. The van der Waals surface area contributed by atoms with Crippen molar-refractivity contribution >= 4 is 12.1 Å². The van der Waals surface area contributed by atoms with E-state index in [1.807, 2.05) is 24.4 Å². The fourth-order valence-electron chi connectivity index (χ4n) is 2.55. The molecule has 2 unspecified atom stereocenters. The molecule has 0 fully saturated rings. The highest BCUT2D eigenvalue weighted by Crippen LogP contribution is 2.30. The van der Waals surface area contributed by atoms with Crippen molar-refractivity contribution in [3.8, 4) is 11.5 Å². The van der Waals surface area contributed by atoms with E-state index in [0.717, 1.165) is 19.3 Å². The number of allylic oxidation sites excluding steroid dienone is 2. The number of fused-ring (bicyclic) bond motifs is 1. The summed E-state index contributed by atoms with van der Waals surface area (Å²) in [6.45, 7) is 2.34. The standard InChI is InChI=1S/C17H20N2O3/c1-12-6-8-13(9-7-12)10-18-19-17(20)16-11-21-14-4-2-3-5-15(14)22-16/h2-6,10,13,16H,7-9,11H2,1H3,(H,19,20)/b18-10-. The molecule has 0 spiro atoms. The van der Waals surface area contributed by atoms with Gasteiger partial charge in [0.2, 0.25) is 6.10 Å². The van der Waals surface area contributed by atoms with E-state index < -0.39 is 6.10 Å². The van der Waals surface area contributed by atoms with Gasteiger partial charge in [0.1, 0.15) is 6.61 Å². The largest absolute Gasteiger partial charge is 0.485 e. The summed E-state index contributed by atoms with van der Waals surface area (Å²) < 4.78 is 11.1. The molecule has 22 heavy (non-hydrogen) atoms. The fraction of sp³-hybridized carbons (Fsp3) is 0.412. The van der Waals surface area contributed by atoms with Gasteiger partial charge in [0.15, 0.2) is 11.5 Å². The molecule has 1 aromatic rings. The topological polar surface area (TPSA) is 59.9 Å². The molecule has 0 radical (unpaired) electrons. The van der Waals surface area contributed by atoms with Crippen molar-refractivity contribution in [1.82, 2.24) is 5.43 Å². The highest BCUT2D eigenvalue weighted by molar-refractivity contribution is 5.82. The second-order valence-electron chi connectivity index (χ2n) is 5.70. The highest BCUT2D eigenvalue weighted by atomic mass is 16.6. The van der Waals surface area contributed by atoms with Crippen LogP contribution in [0.15, 0.2) is 41.0 Å². The predicted octanol–water partition coefficient (Wildman–Crippen LogP) is 2.67. The molecule has 1 amide bonds. The van der Waals surface area contributed by atoms with Crippen LogP contribution in [0.3, 0.4) is 0 Å². The summed E-state index contributed by atoms with van der Waals surface area (Å²) in [6.07, 6.45) is 6.55. The van der Waals surface area contributed by atoms with Gasteiger partial charge in [-0.15, -0.1) is 0 Å². The Balaban J connectivity index is 1.51. The molecular weight excluding hydrogens is 280 g/mol. The van der Waals surface area contributed by atoms with Crippen LogP contribution in [0.2, 0.25) is 0 Å². The first kappa shape index (κ1) is 14.6. The second-order valence-corrected chi connectivity index (χ2v) is 5.70. The predicted molar refractivity (Wildman–Crippen MR) is 84.1 cm³/mol. The van der Waals surface area contributed by atoms with E-state index in [2.05, 4.69) is 23.5 Å². The summed E-state index contributed by atoms with van der Waals surface area (Å²) in [7, 11) is 0. The van der Waals surface area contributed by atoms with Gasteiger partial charge in [-0.2, -0.15) is 5.10 Å². The average Bonchev–Trinajstić information content (AvgIpc) is 2.56. The number of carbonyl (C=O) groups excluding carboxylic acids is 1. The number of nitrogens with one attached hydrogen (secondary N) is 1. The lowest BCUT2D eigenvalue weighted by molar-refractivity contribution is -0.130. The number of benzene rings is 1. The summed E-state index contributed by atoms with van der Waals surface area (Å²) in [5.74, 6) is 1.37. The molecule has 1 N–H and O–H groups in total.